The van der Waals surface area contributed by atoms with Crippen LogP contribution in [-0.4, -0.2) is 54.8 Å². The number of morpholine rings is 1. The molecule has 98 valence electrons. The van der Waals surface area contributed by atoms with Crippen LogP contribution in [0.15, 0.2) is 0 Å². The second kappa shape index (κ2) is 3.53. The van der Waals surface area contributed by atoms with E-state index in [0.29, 0.717) is 13.2 Å². The van der Waals surface area contributed by atoms with E-state index in [1.807, 2.05) is 0 Å². The second-order valence-corrected chi connectivity index (χ2v) is 5.50. The normalized spacial score (nSPS) is 47.4. The van der Waals surface area contributed by atoms with Gasteiger partial charge in [-0.1, -0.05) is 0 Å². The number of amides is 2. The summed E-state index contributed by atoms with van der Waals surface area (Å²) in [4.78, 5) is 26.1. The zero-order valence-corrected chi connectivity index (χ0v) is 10.1. The first-order valence-electron chi connectivity index (χ1n) is 6.58. The molecule has 6 heteroatoms. The lowest BCUT2D eigenvalue weighted by molar-refractivity contribution is -0.167. The fourth-order valence-electron chi connectivity index (χ4n) is 4.05. The van der Waals surface area contributed by atoms with Crippen LogP contribution in [0.5, 0.6) is 0 Å². The van der Waals surface area contributed by atoms with E-state index < -0.39 is 5.72 Å². The molecule has 4 heterocycles. The smallest absolute Gasteiger partial charge is 0.234 e. The van der Waals surface area contributed by atoms with E-state index in [0.717, 1.165) is 25.9 Å². The number of ether oxygens (including phenoxy) is 2. The SMILES string of the molecule is O=C1NC(=O)C2C1C1CCC2(N2CCOCC2)O1. The summed E-state index contributed by atoms with van der Waals surface area (Å²) in [6.45, 7) is 2.89. The van der Waals surface area contributed by atoms with E-state index in [1.165, 1.54) is 0 Å². The van der Waals surface area contributed by atoms with Crippen LogP contribution in [0.2, 0.25) is 0 Å². The topological polar surface area (TPSA) is 67.9 Å². The molecule has 0 spiro atoms. The summed E-state index contributed by atoms with van der Waals surface area (Å²) in [5, 5.41) is 2.47. The Morgan fingerprint density at radius 3 is 2.78 bits per heavy atom. The Labute approximate surface area is 105 Å². The molecule has 0 aliphatic carbocycles. The number of carbonyl (C=O) groups is 2. The molecule has 4 aliphatic rings. The number of fused-ring (bicyclic) bond motifs is 5. The highest BCUT2D eigenvalue weighted by atomic mass is 16.5. The van der Waals surface area contributed by atoms with E-state index in [9.17, 15) is 9.59 Å². The van der Waals surface area contributed by atoms with Crippen molar-refractivity contribution in [1.82, 2.24) is 10.2 Å². The Bertz CT molecular complexity index is 420. The molecule has 0 aromatic rings. The molecule has 2 amide bonds. The number of imide groups is 1. The molecule has 18 heavy (non-hydrogen) atoms. The summed E-state index contributed by atoms with van der Waals surface area (Å²) in [6, 6.07) is 0. The third-order valence-corrected chi connectivity index (χ3v) is 4.77. The average Bonchev–Trinajstić information content (AvgIpc) is 3.03. The minimum absolute atomic E-state index is 0.0794. The molecule has 0 aromatic heterocycles. The molecule has 4 aliphatic heterocycles. The van der Waals surface area contributed by atoms with Crippen LogP contribution in [-0.2, 0) is 19.1 Å². The van der Waals surface area contributed by atoms with Crippen LogP contribution in [0.25, 0.3) is 0 Å². The summed E-state index contributed by atoms with van der Waals surface area (Å²) in [5.74, 6) is -0.889. The standard InChI is InChI=1S/C12H16N2O4/c15-10-8-7-1-2-12(18-7,9(8)11(16)13-10)14-3-5-17-6-4-14/h7-9H,1-6H2,(H,13,15,16). The molecular formula is C12H16N2O4. The Morgan fingerprint density at radius 1 is 1.22 bits per heavy atom. The Hall–Kier alpha value is -0.980. The van der Waals surface area contributed by atoms with Gasteiger partial charge in [0.25, 0.3) is 0 Å². The Balaban J connectivity index is 1.71. The molecule has 0 saturated carbocycles. The van der Waals surface area contributed by atoms with Crippen molar-refractivity contribution in [2.24, 2.45) is 11.8 Å². The largest absolute Gasteiger partial charge is 0.379 e. The van der Waals surface area contributed by atoms with Gasteiger partial charge in [-0.15, -0.1) is 0 Å². The number of carbonyl (C=O) groups excluding carboxylic acids is 2. The van der Waals surface area contributed by atoms with Crippen LogP contribution in [0.1, 0.15) is 12.8 Å². The third-order valence-electron chi connectivity index (χ3n) is 4.77. The second-order valence-electron chi connectivity index (χ2n) is 5.50. The lowest BCUT2D eigenvalue weighted by atomic mass is 9.76. The van der Waals surface area contributed by atoms with Crippen molar-refractivity contribution in [3.8, 4) is 0 Å². The van der Waals surface area contributed by atoms with Gasteiger partial charge in [0.05, 0.1) is 31.2 Å². The van der Waals surface area contributed by atoms with Crippen molar-refractivity contribution in [3.05, 3.63) is 0 Å². The van der Waals surface area contributed by atoms with Gasteiger partial charge >= 0.3 is 0 Å². The molecule has 4 unspecified atom stereocenters. The van der Waals surface area contributed by atoms with Crippen LogP contribution in [0, 0.1) is 11.8 Å². The highest BCUT2D eigenvalue weighted by Crippen LogP contribution is 2.54. The number of nitrogens with zero attached hydrogens (tertiary/aromatic N) is 1. The molecule has 4 saturated heterocycles. The highest BCUT2D eigenvalue weighted by molar-refractivity contribution is 6.06. The lowest BCUT2D eigenvalue weighted by Gasteiger charge is -2.43. The molecule has 0 radical (unpaired) electrons. The predicted molar refractivity (Wildman–Crippen MR) is 59.4 cm³/mol. The number of nitrogens with one attached hydrogen (secondary N) is 1. The summed E-state index contributed by atoms with van der Waals surface area (Å²) in [7, 11) is 0. The van der Waals surface area contributed by atoms with Gasteiger partial charge in [-0.05, 0) is 12.8 Å². The van der Waals surface area contributed by atoms with Gasteiger partial charge in [-0.2, -0.15) is 0 Å². The summed E-state index contributed by atoms with van der Waals surface area (Å²) in [6.07, 6.45) is 1.64. The average molecular weight is 252 g/mol. The summed E-state index contributed by atoms with van der Waals surface area (Å²) >= 11 is 0. The van der Waals surface area contributed by atoms with E-state index in [-0.39, 0.29) is 29.8 Å². The van der Waals surface area contributed by atoms with Gasteiger partial charge in [0.15, 0.2) is 0 Å². The van der Waals surface area contributed by atoms with Crippen LogP contribution >= 0.6 is 0 Å². The molecule has 6 nitrogen and oxygen atoms in total. The zero-order chi connectivity index (χ0) is 12.3. The molecular weight excluding hydrogens is 236 g/mol. The zero-order valence-electron chi connectivity index (χ0n) is 10.1. The van der Waals surface area contributed by atoms with Gasteiger partial charge in [0, 0.05) is 13.1 Å². The minimum atomic E-state index is -0.546. The monoisotopic (exact) mass is 252 g/mol. The maximum atomic E-state index is 12.0. The van der Waals surface area contributed by atoms with Gasteiger partial charge in [0.2, 0.25) is 11.8 Å². The van der Waals surface area contributed by atoms with E-state index in [1.54, 1.807) is 0 Å². The summed E-state index contributed by atoms with van der Waals surface area (Å²) in [5.41, 5.74) is -0.546. The molecule has 4 fully saturated rings. The van der Waals surface area contributed by atoms with Crippen molar-refractivity contribution in [3.63, 3.8) is 0 Å². The first kappa shape index (κ1) is 10.9. The lowest BCUT2D eigenvalue weighted by Crippen LogP contribution is -2.58. The first-order valence-corrected chi connectivity index (χ1v) is 6.58. The van der Waals surface area contributed by atoms with Crippen molar-refractivity contribution < 1.29 is 19.1 Å². The summed E-state index contributed by atoms with van der Waals surface area (Å²) < 4.78 is 11.5. The van der Waals surface area contributed by atoms with Crippen molar-refractivity contribution in [2.75, 3.05) is 26.3 Å². The van der Waals surface area contributed by atoms with Crippen molar-refractivity contribution in [1.29, 1.82) is 0 Å². The fraction of sp³-hybridized carbons (Fsp3) is 0.833. The molecule has 0 aromatic carbocycles. The molecule has 4 atom stereocenters. The highest BCUT2D eigenvalue weighted by Gasteiger charge is 2.69. The van der Waals surface area contributed by atoms with Crippen LogP contribution < -0.4 is 5.32 Å². The molecule has 2 bridgehead atoms. The first-order chi connectivity index (χ1) is 8.72. The molecule has 1 N–H and O–H groups in total. The van der Waals surface area contributed by atoms with E-state index >= 15 is 0 Å². The predicted octanol–water partition coefficient (Wildman–Crippen LogP) is -0.904. The minimum Gasteiger partial charge on any atom is -0.379 e. The Kier molecular flexibility index (Phi) is 2.13. The number of hydrogen-bond acceptors (Lipinski definition) is 5. The molecule has 4 rings (SSSR count). The fourth-order valence-corrected chi connectivity index (χ4v) is 4.05. The van der Waals surface area contributed by atoms with Crippen molar-refractivity contribution >= 4 is 11.8 Å². The van der Waals surface area contributed by atoms with E-state index in [4.69, 9.17) is 9.47 Å². The van der Waals surface area contributed by atoms with Gasteiger partial charge in [0.1, 0.15) is 5.72 Å². The maximum absolute atomic E-state index is 12.0. The van der Waals surface area contributed by atoms with Crippen LogP contribution in [0.3, 0.4) is 0 Å². The van der Waals surface area contributed by atoms with Gasteiger partial charge in [-0.25, -0.2) is 0 Å². The Morgan fingerprint density at radius 2 is 2.00 bits per heavy atom. The number of rotatable bonds is 1. The van der Waals surface area contributed by atoms with Gasteiger partial charge < -0.3 is 9.47 Å². The number of hydrogen-bond donors (Lipinski definition) is 1. The third kappa shape index (κ3) is 1.18. The van der Waals surface area contributed by atoms with E-state index in [2.05, 4.69) is 10.2 Å². The van der Waals surface area contributed by atoms with Gasteiger partial charge in [-0.3, -0.25) is 19.8 Å². The quantitative estimate of drug-likeness (QED) is 0.612. The van der Waals surface area contributed by atoms with Crippen LogP contribution in [0.4, 0.5) is 0 Å². The van der Waals surface area contributed by atoms with Crippen molar-refractivity contribution in [2.45, 2.75) is 24.7 Å². The maximum Gasteiger partial charge on any atom is 0.234 e.